The first-order valence-electron chi connectivity index (χ1n) is 5.49. The van der Waals surface area contributed by atoms with Crippen LogP contribution in [0.25, 0.3) is 0 Å². The maximum atomic E-state index is 12.0. The van der Waals surface area contributed by atoms with Crippen molar-refractivity contribution in [1.82, 2.24) is 5.32 Å². The molecule has 0 spiro atoms. The Kier molecular flexibility index (Phi) is 2.18. The van der Waals surface area contributed by atoms with E-state index in [2.05, 4.69) is 30.4 Å². The molecular weight excluding hydrogens is 206 g/mol. The first-order valence-corrected chi connectivity index (χ1v) is 6.81. The number of benzene rings is 1. The van der Waals surface area contributed by atoms with Gasteiger partial charge >= 0.3 is 0 Å². The van der Waals surface area contributed by atoms with Gasteiger partial charge in [0.2, 0.25) is 0 Å². The van der Waals surface area contributed by atoms with Crippen LogP contribution >= 0.6 is 0 Å². The average Bonchev–Trinajstić information content (AvgIpc) is 2.94. The molecule has 0 amide bonds. The van der Waals surface area contributed by atoms with Crippen LogP contribution in [0.4, 0.5) is 0 Å². The van der Waals surface area contributed by atoms with E-state index in [9.17, 15) is 4.21 Å². The van der Waals surface area contributed by atoms with Crippen molar-refractivity contribution in [1.29, 1.82) is 0 Å². The summed E-state index contributed by atoms with van der Waals surface area (Å²) in [6.07, 6.45) is 2.56. The third-order valence-corrected chi connectivity index (χ3v) is 4.83. The van der Waals surface area contributed by atoms with Crippen molar-refractivity contribution in [2.45, 2.75) is 36.7 Å². The van der Waals surface area contributed by atoms with Gasteiger partial charge in [0.05, 0.1) is 10.8 Å². The van der Waals surface area contributed by atoms with Crippen LogP contribution in [0, 0.1) is 6.92 Å². The Labute approximate surface area is 92.5 Å². The summed E-state index contributed by atoms with van der Waals surface area (Å²) in [5, 5.41) is 3.57. The van der Waals surface area contributed by atoms with Crippen LogP contribution in [-0.2, 0) is 10.8 Å². The Morgan fingerprint density at radius 1 is 1.40 bits per heavy atom. The lowest BCUT2D eigenvalue weighted by Crippen LogP contribution is -2.23. The number of rotatable bonds is 2. The minimum atomic E-state index is -0.791. The molecule has 1 heterocycles. The summed E-state index contributed by atoms with van der Waals surface area (Å²) in [7, 11) is -0.791. The quantitative estimate of drug-likeness (QED) is 0.826. The molecule has 3 rings (SSSR count). The SMILES string of the molecule is Cc1cccc2c1S(=O)CC2NC1CC1. The van der Waals surface area contributed by atoms with Crippen molar-refractivity contribution < 1.29 is 4.21 Å². The standard InChI is InChI=1S/C12H15NOS/c1-8-3-2-4-10-11(13-9-5-6-9)7-15(14)12(8)10/h2-4,9,11,13H,5-7H2,1H3. The van der Waals surface area contributed by atoms with E-state index < -0.39 is 10.8 Å². The van der Waals surface area contributed by atoms with Crippen LogP contribution in [0.1, 0.15) is 30.0 Å². The maximum Gasteiger partial charge on any atom is 0.0554 e. The van der Waals surface area contributed by atoms with E-state index in [0.717, 1.165) is 10.6 Å². The Morgan fingerprint density at radius 2 is 2.20 bits per heavy atom. The summed E-state index contributed by atoms with van der Waals surface area (Å²) in [4.78, 5) is 1.08. The smallest absolute Gasteiger partial charge is 0.0554 e. The number of aryl methyl sites for hydroxylation is 1. The van der Waals surface area contributed by atoms with Crippen molar-refractivity contribution in [3.8, 4) is 0 Å². The Balaban J connectivity index is 1.97. The molecule has 0 radical (unpaired) electrons. The van der Waals surface area contributed by atoms with Crippen LogP contribution in [0.5, 0.6) is 0 Å². The predicted octanol–water partition coefficient (Wildman–Crippen LogP) is 1.91. The van der Waals surface area contributed by atoms with Gasteiger partial charge in [0, 0.05) is 22.7 Å². The zero-order valence-corrected chi connectivity index (χ0v) is 9.64. The summed E-state index contributed by atoms with van der Waals surface area (Å²) in [6.45, 7) is 2.05. The van der Waals surface area contributed by atoms with Gasteiger partial charge in [-0.2, -0.15) is 0 Å². The summed E-state index contributed by atoms with van der Waals surface area (Å²) in [6, 6.07) is 7.24. The molecule has 1 N–H and O–H groups in total. The predicted molar refractivity (Wildman–Crippen MR) is 61.4 cm³/mol. The Morgan fingerprint density at radius 3 is 2.93 bits per heavy atom. The fraction of sp³-hybridized carbons (Fsp3) is 0.500. The second-order valence-corrected chi connectivity index (χ2v) is 5.93. The topological polar surface area (TPSA) is 29.1 Å². The van der Waals surface area contributed by atoms with Crippen molar-refractivity contribution in [3.05, 3.63) is 29.3 Å². The molecule has 1 aromatic carbocycles. The van der Waals surface area contributed by atoms with Crippen molar-refractivity contribution in [3.63, 3.8) is 0 Å². The van der Waals surface area contributed by atoms with Gasteiger partial charge in [-0.3, -0.25) is 4.21 Å². The minimum Gasteiger partial charge on any atom is -0.306 e. The molecule has 80 valence electrons. The second-order valence-electron chi connectivity index (χ2n) is 4.50. The molecule has 1 aliphatic carbocycles. The molecule has 2 nitrogen and oxygen atoms in total. The zero-order chi connectivity index (χ0) is 10.4. The average molecular weight is 221 g/mol. The summed E-state index contributed by atoms with van der Waals surface area (Å²) < 4.78 is 12.0. The fourth-order valence-electron chi connectivity index (χ4n) is 2.26. The molecule has 2 aliphatic rings. The molecule has 1 fully saturated rings. The third kappa shape index (κ3) is 1.64. The number of hydrogen-bond acceptors (Lipinski definition) is 2. The molecule has 1 aromatic rings. The van der Waals surface area contributed by atoms with Gasteiger partial charge < -0.3 is 5.32 Å². The van der Waals surface area contributed by atoms with E-state index in [4.69, 9.17) is 0 Å². The molecule has 15 heavy (non-hydrogen) atoms. The number of hydrogen-bond donors (Lipinski definition) is 1. The van der Waals surface area contributed by atoms with E-state index in [1.54, 1.807) is 0 Å². The number of fused-ring (bicyclic) bond motifs is 1. The van der Waals surface area contributed by atoms with Crippen molar-refractivity contribution in [2.24, 2.45) is 0 Å². The van der Waals surface area contributed by atoms with Crippen LogP contribution in [-0.4, -0.2) is 16.0 Å². The lowest BCUT2D eigenvalue weighted by Gasteiger charge is -2.11. The van der Waals surface area contributed by atoms with Crippen molar-refractivity contribution in [2.75, 3.05) is 5.75 Å². The second kappa shape index (κ2) is 3.42. The van der Waals surface area contributed by atoms with E-state index in [1.165, 1.54) is 24.0 Å². The first-order chi connectivity index (χ1) is 7.25. The molecule has 0 aromatic heterocycles. The molecular formula is C12H15NOS. The van der Waals surface area contributed by atoms with Gasteiger partial charge in [-0.15, -0.1) is 0 Å². The van der Waals surface area contributed by atoms with Crippen LogP contribution in [0.15, 0.2) is 23.1 Å². The molecule has 1 saturated carbocycles. The van der Waals surface area contributed by atoms with E-state index in [-0.39, 0.29) is 0 Å². The molecule has 2 atom stereocenters. The normalized spacial score (nSPS) is 29.1. The van der Waals surface area contributed by atoms with E-state index >= 15 is 0 Å². The van der Waals surface area contributed by atoms with Gasteiger partial charge in [0.15, 0.2) is 0 Å². The zero-order valence-electron chi connectivity index (χ0n) is 8.82. The summed E-state index contributed by atoms with van der Waals surface area (Å²) >= 11 is 0. The highest BCUT2D eigenvalue weighted by atomic mass is 32.2. The van der Waals surface area contributed by atoms with Crippen LogP contribution in [0.3, 0.4) is 0 Å². The fourth-order valence-corrected chi connectivity index (χ4v) is 3.90. The molecule has 0 bridgehead atoms. The number of nitrogens with one attached hydrogen (secondary N) is 1. The summed E-state index contributed by atoms with van der Waals surface area (Å²) in [5.41, 5.74) is 2.44. The molecule has 0 saturated heterocycles. The highest BCUT2D eigenvalue weighted by Crippen LogP contribution is 2.35. The first kappa shape index (κ1) is 9.55. The highest BCUT2D eigenvalue weighted by molar-refractivity contribution is 7.85. The molecule has 2 unspecified atom stereocenters. The monoisotopic (exact) mass is 221 g/mol. The van der Waals surface area contributed by atoms with E-state index in [1.807, 2.05) is 0 Å². The molecule has 3 heteroatoms. The van der Waals surface area contributed by atoms with Crippen LogP contribution in [0.2, 0.25) is 0 Å². The van der Waals surface area contributed by atoms with Gasteiger partial charge in [0.25, 0.3) is 0 Å². The lowest BCUT2D eigenvalue weighted by molar-refractivity contribution is 0.577. The van der Waals surface area contributed by atoms with Crippen LogP contribution < -0.4 is 5.32 Å². The van der Waals surface area contributed by atoms with Gasteiger partial charge in [-0.25, -0.2) is 0 Å². The van der Waals surface area contributed by atoms with Crippen molar-refractivity contribution >= 4 is 10.8 Å². The summed E-state index contributed by atoms with van der Waals surface area (Å²) in [5.74, 6) is 0.761. The minimum absolute atomic E-state index is 0.327. The lowest BCUT2D eigenvalue weighted by atomic mass is 10.1. The molecule has 1 aliphatic heterocycles. The maximum absolute atomic E-state index is 12.0. The van der Waals surface area contributed by atoms with E-state index in [0.29, 0.717) is 12.1 Å². The van der Waals surface area contributed by atoms with Gasteiger partial charge in [-0.05, 0) is 30.9 Å². The van der Waals surface area contributed by atoms with Gasteiger partial charge in [0.1, 0.15) is 0 Å². The highest BCUT2D eigenvalue weighted by Gasteiger charge is 2.33. The van der Waals surface area contributed by atoms with Gasteiger partial charge in [-0.1, -0.05) is 18.2 Å². The largest absolute Gasteiger partial charge is 0.306 e. The Hall–Kier alpha value is -0.670. The third-order valence-electron chi connectivity index (χ3n) is 3.18. The Bertz CT molecular complexity index is 426.